The van der Waals surface area contributed by atoms with Crippen LogP contribution in [0, 0.1) is 5.92 Å². The number of anilines is 1. The predicted molar refractivity (Wildman–Crippen MR) is 102 cm³/mol. The highest BCUT2D eigenvalue weighted by molar-refractivity contribution is 5.86. The lowest BCUT2D eigenvalue weighted by molar-refractivity contribution is 0.136. The summed E-state index contributed by atoms with van der Waals surface area (Å²) in [6.07, 6.45) is 6.43. The van der Waals surface area contributed by atoms with Gasteiger partial charge in [-0.05, 0) is 30.7 Å². The first-order valence-corrected chi connectivity index (χ1v) is 9.21. The molecule has 1 saturated heterocycles. The number of nitrogen functional groups attached to an aromatic ring is 1. The first kappa shape index (κ1) is 17.0. The normalized spacial score (nSPS) is 20.8. The minimum Gasteiger partial charge on any atom is -0.391 e. The zero-order valence-corrected chi connectivity index (χ0v) is 14.8. The molecule has 6 heteroatoms. The lowest BCUT2D eigenvalue weighted by Gasteiger charge is -2.15. The Kier molecular flexibility index (Phi) is 4.86. The molecule has 0 spiro atoms. The van der Waals surface area contributed by atoms with Crippen LogP contribution in [0.25, 0.3) is 11.0 Å². The SMILES string of the molecule is Nc1ncnc2c(CN3C[C@H](CCCc4ccccc4)[C@@H](O)C3)c[nH]c12. The summed E-state index contributed by atoms with van der Waals surface area (Å²) < 4.78 is 0. The third-order valence-electron chi connectivity index (χ3n) is 5.33. The second-order valence-corrected chi connectivity index (χ2v) is 7.20. The van der Waals surface area contributed by atoms with Crippen LogP contribution in [-0.4, -0.2) is 44.2 Å². The summed E-state index contributed by atoms with van der Waals surface area (Å²) in [6.45, 7) is 2.40. The number of rotatable bonds is 6. The summed E-state index contributed by atoms with van der Waals surface area (Å²) in [5, 5.41) is 10.4. The van der Waals surface area contributed by atoms with E-state index in [2.05, 4.69) is 44.1 Å². The molecule has 0 radical (unpaired) electrons. The Labute approximate surface area is 153 Å². The van der Waals surface area contributed by atoms with E-state index in [0.717, 1.165) is 48.9 Å². The Morgan fingerprint density at radius 2 is 2.04 bits per heavy atom. The van der Waals surface area contributed by atoms with E-state index in [1.54, 1.807) is 0 Å². The average molecular weight is 351 g/mol. The quantitative estimate of drug-likeness (QED) is 0.634. The molecule has 136 valence electrons. The number of aliphatic hydroxyl groups is 1. The number of aromatic nitrogens is 3. The van der Waals surface area contributed by atoms with Gasteiger partial charge in [-0.15, -0.1) is 0 Å². The maximum Gasteiger partial charge on any atom is 0.151 e. The first-order chi connectivity index (χ1) is 12.7. The average Bonchev–Trinajstić information content (AvgIpc) is 3.21. The van der Waals surface area contributed by atoms with E-state index in [4.69, 9.17) is 5.73 Å². The van der Waals surface area contributed by atoms with Gasteiger partial charge in [-0.1, -0.05) is 30.3 Å². The van der Waals surface area contributed by atoms with Crippen molar-refractivity contribution in [3.63, 3.8) is 0 Å². The van der Waals surface area contributed by atoms with Crippen LogP contribution in [0.2, 0.25) is 0 Å². The monoisotopic (exact) mass is 351 g/mol. The Morgan fingerprint density at radius 3 is 2.88 bits per heavy atom. The summed E-state index contributed by atoms with van der Waals surface area (Å²) in [5.41, 5.74) is 10.0. The Hall–Kier alpha value is -2.44. The van der Waals surface area contributed by atoms with Gasteiger partial charge in [-0.3, -0.25) is 4.90 Å². The van der Waals surface area contributed by atoms with Crippen LogP contribution in [0.15, 0.2) is 42.9 Å². The van der Waals surface area contributed by atoms with Crippen molar-refractivity contribution in [1.29, 1.82) is 0 Å². The standard InChI is InChI=1S/C20H25N5O/c21-20-19-18(23-13-24-20)16(9-22-19)11-25-10-15(17(26)12-25)8-4-7-14-5-2-1-3-6-14/h1-3,5-6,9,13,15,17,22,26H,4,7-8,10-12H2,(H2,21,23,24)/t15-,17-/m0/s1. The van der Waals surface area contributed by atoms with E-state index >= 15 is 0 Å². The van der Waals surface area contributed by atoms with Crippen molar-refractivity contribution in [2.45, 2.75) is 31.9 Å². The summed E-state index contributed by atoms with van der Waals surface area (Å²) in [5.74, 6) is 0.810. The number of hydrogen-bond donors (Lipinski definition) is 3. The fourth-order valence-corrected chi connectivity index (χ4v) is 3.94. The fraction of sp³-hybridized carbons (Fsp3) is 0.400. The highest BCUT2D eigenvalue weighted by atomic mass is 16.3. The van der Waals surface area contributed by atoms with Crippen molar-refractivity contribution in [3.8, 4) is 0 Å². The van der Waals surface area contributed by atoms with E-state index < -0.39 is 0 Å². The van der Waals surface area contributed by atoms with Gasteiger partial charge in [0, 0.05) is 31.4 Å². The van der Waals surface area contributed by atoms with E-state index in [0.29, 0.717) is 18.3 Å². The molecule has 3 aromatic rings. The molecule has 1 aliphatic heterocycles. The zero-order chi connectivity index (χ0) is 17.9. The van der Waals surface area contributed by atoms with Crippen molar-refractivity contribution in [3.05, 3.63) is 54.0 Å². The minimum atomic E-state index is -0.254. The molecule has 2 atom stereocenters. The van der Waals surface area contributed by atoms with Crippen LogP contribution in [0.4, 0.5) is 5.82 Å². The Morgan fingerprint density at radius 1 is 1.19 bits per heavy atom. The molecule has 2 aromatic heterocycles. The number of β-amino-alcohol motifs (C(OH)–C–C–N with tert-alkyl or cyclic N) is 1. The molecule has 0 saturated carbocycles. The molecule has 3 heterocycles. The molecule has 26 heavy (non-hydrogen) atoms. The van der Waals surface area contributed by atoms with Crippen LogP contribution in [0.5, 0.6) is 0 Å². The van der Waals surface area contributed by atoms with E-state index in [9.17, 15) is 5.11 Å². The number of nitrogens with one attached hydrogen (secondary N) is 1. The molecule has 4 rings (SSSR count). The predicted octanol–water partition coefficient (Wildman–Crippen LogP) is 2.36. The van der Waals surface area contributed by atoms with Gasteiger partial charge in [0.15, 0.2) is 5.82 Å². The number of aliphatic hydroxyl groups excluding tert-OH is 1. The van der Waals surface area contributed by atoms with Crippen molar-refractivity contribution in [2.75, 3.05) is 18.8 Å². The number of H-pyrrole nitrogens is 1. The van der Waals surface area contributed by atoms with Gasteiger partial charge in [-0.25, -0.2) is 9.97 Å². The van der Waals surface area contributed by atoms with Gasteiger partial charge in [0.1, 0.15) is 11.8 Å². The van der Waals surface area contributed by atoms with E-state index in [-0.39, 0.29) is 6.10 Å². The van der Waals surface area contributed by atoms with Gasteiger partial charge < -0.3 is 15.8 Å². The highest BCUT2D eigenvalue weighted by Crippen LogP contribution is 2.26. The third-order valence-corrected chi connectivity index (χ3v) is 5.33. The molecule has 1 aliphatic rings. The van der Waals surface area contributed by atoms with Gasteiger partial charge in [0.2, 0.25) is 0 Å². The zero-order valence-electron chi connectivity index (χ0n) is 14.8. The lowest BCUT2D eigenvalue weighted by atomic mass is 9.97. The van der Waals surface area contributed by atoms with Crippen LogP contribution < -0.4 is 5.73 Å². The van der Waals surface area contributed by atoms with E-state index in [1.807, 2.05) is 12.3 Å². The maximum atomic E-state index is 10.4. The van der Waals surface area contributed by atoms with Crippen LogP contribution >= 0.6 is 0 Å². The molecule has 0 unspecified atom stereocenters. The lowest BCUT2D eigenvalue weighted by Crippen LogP contribution is -2.21. The van der Waals surface area contributed by atoms with Crippen LogP contribution in [-0.2, 0) is 13.0 Å². The van der Waals surface area contributed by atoms with Crippen molar-refractivity contribution in [2.24, 2.45) is 5.92 Å². The van der Waals surface area contributed by atoms with Crippen molar-refractivity contribution < 1.29 is 5.11 Å². The number of hydrogen-bond acceptors (Lipinski definition) is 5. The first-order valence-electron chi connectivity index (χ1n) is 9.21. The largest absolute Gasteiger partial charge is 0.391 e. The molecule has 6 nitrogen and oxygen atoms in total. The second-order valence-electron chi connectivity index (χ2n) is 7.20. The smallest absolute Gasteiger partial charge is 0.151 e. The number of fused-ring (bicyclic) bond motifs is 1. The third kappa shape index (κ3) is 3.57. The van der Waals surface area contributed by atoms with Crippen LogP contribution in [0.3, 0.4) is 0 Å². The minimum absolute atomic E-state index is 0.254. The molecular weight excluding hydrogens is 326 g/mol. The summed E-state index contributed by atoms with van der Waals surface area (Å²) in [7, 11) is 0. The number of likely N-dealkylation sites (tertiary alicyclic amines) is 1. The number of nitrogens with zero attached hydrogens (tertiary/aromatic N) is 3. The summed E-state index contributed by atoms with van der Waals surface area (Å²) >= 11 is 0. The second kappa shape index (κ2) is 7.43. The van der Waals surface area contributed by atoms with E-state index in [1.165, 1.54) is 11.9 Å². The molecule has 0 bridgehead atoms. The maximum absolute atomic E-state index is 10.4. The summed E-state index contributed by atoms with van der Waals surface area (Å²) in [4.78, 5) is 13.8. The summed E-state index contributed by atoms with van der Waals surface area (Å²) in [6, 6.07) is 10.5. The topological polar surface area (TPSA) is 91.1 Å². The molecule has 0 aliphatic carbocycles. The Balaban J connectivity index is 1.34. The molecule has 1 fully saturated rings. The fourth-order valence-electron chi connectivity index (χ4n) is 3.94. The van der Waals surface area contributed by atoms with Crippen LogP contribution in [0.1, 0.15) is 24.0 Å². The number of nitrogens with two attached hydrogens (primary N) is 1. The number of benzene rings is 1. The highest BCUT2D eigenvalue weighted by Gasteiger charge is 2.31. The van der Waals surface area contributed by atoms with Crippen molar-refractivity contribution in [1.82, 2.24) is 19.9 Å². The van der Waals surface area contributed by atoms with Gasteiger partial charge in [0.25, 0.3) is 0 Å². The van der Waals surface area contributed by atoms with Gasteiger partial charge in [0.05, 0.1) is 11.6 Å². The van der Waals surface area contributed by atoms with Crippen molar-refractivity contribution >= 4 is 16.9 Å². The molecular formula is C20H25N5O. The van der Waals surface area contributed by atoms with Gasteiger partial charge >= 0.3 is 0 Å². The number of aromatic amines is 1. The number of aryl methyl sites for hydroxylation is 1. The molecule has 1 aromatic carbocycles. The molecule has 4 N–H and O–H groups in total. The van der Waals surface area contributed by atoms with Gasteiger partial charge in [-0.2, -0.15) is 0 Å². The molecule has 0 amide bonds. The Bertz CT molecular complexity index is 863.